The Labute approximate surface area is 126 Å². The van der Waals surface area contributed by atoms with E-state index < -0.39 is 12.8 Å². The summed E-state index contributed by atoms with van der Waals surface area (Å²) in [4.78, 5) is 6.58. The van der Waals surface area contributed by atoms with Gasteiger partial charge in [-0.05, 0) is 32.2 Å². The molecule has 0 aromatic carbocycles. The number of piperidine rings is 1. The second kappa shape index (κ2) is 6.54. The molecule has 0 bridgehead atoms. The second-order valence-electron chi connectivity index (χ2n) is 6.07. The molecule has 0 unspecified atom stereocenters. The SMILES string of the molecule is FC(F)(F)COCCN1CCC[C@H](c2noc(C3CC3)n2)C1. The summed E-state index contributed by atoms with van der Waals surface area (Å²) in [6, 6.07) is 0. The molecule has 2 fully saturated rings. The monoisotopic (exact) mass is 319 g/mol. The smallest absolute Gasteiger partial charge is 0.371 e. The van der Waals surface area contributed by atoms with Gasteiger partial charge in [0.1, 0.15) is 6.61 Å². The van der Waals surface area contributed by atoms with Crippen molar-refractivity contribution < 1.29 is 22.4 Å². The molecular weight excluding hydrogens is 299 g/mol. The molecule has 0 amide bonds. The lowest BCUT2D eigenvalue weighted by molar-refractivity contribution is -0.174. The molecular formula is C14H20F3N3O2. The Morgan fingerprint density at radius 2 is 2.05 bits per heavy atom. The minimum atomic E-state index is -4.26. The van der Waals surface area contributed by atoms with Gasteiger partial charge in [-0.1, -0.05) is 5.16 Å². The molecule has 5 nitrogen and oxygen atoms in total. The van der Waals surface area contributed by atoms with E-state index in [9.17, 15) is 13.2 Å². The molecule has 1 aromatic rings. The van der Waals surface area contributed by atoms with Crippen LogP contribution in [-0.2, 0) is 4.74 Å². The highest BCUT2D eigenvalue weighted by molar-refractivity contribution is 5.05. The van der Waals surface area contributed by atoms with E-state index in [4.69, 9.17) is 4.52 Å². The second-order valence-corrected chi connectivity index (χ2v) is 6.07. The Morgan fingerprint density at radius 3 is 2.77 bits per heavy atom. The molecule has 1 saturated carbocycles. The zero-order chi connectivity index (χ0) is 15.6. The summed E-state index contributed by atoms with van der Waals surface area (Å²) >= 11 is 0. The van der Waals surface area contributed by atoms with Gasteiger partial charge >= 0.3 is 6.18 Å². The fourth-order valence-corrected chi connectivity index (χ4v) is 2.76. The summed E-state index contributed by atoms with van der Waals surface area (Å²) in [5.74, 6) is 2.12. The average Bonchev–Trinajstić information content (AvgIpc) is 3.20. The van der Waals surface area contributed by atoms with Gasteiger partial charge in [0.2, 0.25) is 5.89 Å². The van der Waals surface area contributed by atoms with Gasteiger partial charge in [0.25, 0.3) is 0 Å². The Bertz CT molecular complexity index is 488. The molecule has 3 rings (SSSR count). The van der Waals surface area contributed by atoms with Gasteiger partial charge in [0, 0.05) is 24.9 Å². The fourth-order valence-electron chi connectivity index (χ4n) is 2.76. The van der Waals surface area contributed by atoms with Crippen LogP contribution in [0, 0.1) is 0 Å². The van der Waals surface area contributed by atoms with E-state index in [0.29, 0.717) is 12.5 Å². The molecule has 1 atom stereocenters. The van der Waals surface area contributed by atoms with Crippen LogP contribution in [0.4, 0.5) is 13.2 Å². The molecule has 1 aliphatic carbocycles. The predicted molar refractivity (Wildman–Crippen MR) is 71.6 cm³/mol. The van der Waals surface area contributed by atoms with Crippen molar-refractivity contribution in [2.75, 3.05) is 32.8 Å². The average molecular weight is 319 g/mol. The van der Waals surface area contributed by atoms with Gasteiger partial charge in [-0.25, -0.2) is 0 Å². The third kappa shape index (κ3) is 4.42. The van der Waals surface area contributed by atoms with E-state index >= 15 is 0 Å². The summed E-state index contributed by atoms with van der Waals surface area (Å²) in [6.07, 6.45) is -0.0427. The number of hydrogen-bond acceptors (Lipinski definition) is 5. The number of halogens is 3. The van der Waals surface area contributed by atoms with Crippen LogP contribution in [0.25, 0.3) is 0 Å². The lowest BCUT2D eigenvalue weighted by Crippen LogP contribution is -2.37. The van der Waals surface area contributed by atoms with Crippen molar-refractivity contribution >= 4 is 0 Å². The summed E-state index contributed by atoms with van der Waals surface area (Å²) in [5, 5.41) is 4.07. The van der Waals surface area contributed by atoms with E-state index in [1.54, 1.807) is 0 Å². The highest BCUT2D eigenvalue weighted by Crippen LogP contribution is 2.39. The number of rotatable bonds is 6. The maximum atomic E-state index is 12.0. The topological polar surface area (TPSA) is 51.4 Å². The highest BCUT2D eigenvalue weighted by Gasteiger charge is 2.32. The number of alkyl halides is 3. The van der Waals surface area contributed by atoms with Crippen molar-refractivity contribution in [1.29, 1.82) is 0 Å². The van der Waals surface area contributed by atoms with Gasteiger partial charge in [0.05, 0.1) is 6.61 Å². The fraction of sp³-hybridized carbons (Fsp3) is 0.857. The first-order valence-electron chi connectivity index (χ1n) is 7.71. The van der Waals surface area contributed by atoms with Crippen molar-refractivity contribution in [2.45, 2.75) is 43.7 Å². The number of aromatic nitrogens is 2. The zero-order valence-electron chi connectivity index (χ0n) is 12.3. The Morgan fingerprint density at radius 1 is 1.23 bits per heavy atom. The molecule has 0 spiro atoms. The molecule has 22 heavy (non-hydrogen) atoms. The quantitative estimate of drug-likeness (QED) is 0.755. The molecule has 2 heterocycles. The molecule has 1 aliphatic heterocycles. The number of hydrogen-bond donors (Lipinski definition) is 0. The third-order valence-corrected chi connectivity index (χ3v) is 4.07. The molecule has 1 saturated heterocycles. The van der Waals surface area contributed by atoms with Gasteiger partial charge < -0.3 is 14.2 Å². The standard InChI is InChI=1S/C14H20F3N3O2/c15-14(16,17)9-21-7-6-20-5-1-2-11(8-20)12-18-13(22-19-12)10-3-4-10/h10-11H,1-9H2/t11-/m0/s1. The Kier molecular flexibility index (Phi) is 4.67. The third-order valence-electron chi connectivity index (χ3n) is 4.07. The van der Waals surface area contributed by atoms with Crippen molar-refractivity contribution in [3.8, 4) is 0 Å². The summed E-state index contributed by atoms with van der Waals surface area (Å²) in [6.45, 7) is 1.03. The highest BCUT2D eigenvalue weighted by atomic mass is 19.4. The van der Waals surface area contributed by atoms with Crippen LogP contribution in [0.1, 0.15) is 49.2 Å². The van der Waals surface area contributed by atoms with Crippen LogP contribution in [0.15, 0.2) is 4.52 Å². The first-order chi connectivity index (χ1) is 10.5. The lowest BCUT2D eigenvalue weighted by atomic mass is 9.97. The summed E-state index contributed by atoms with van der Waals surface area (Å²) in [7, 11) is 0. The van der Waals surface area contributed by atoms with Crippen molar-refractivity contribution in [1.82, 2.24) is 15.0 Å². The molecule has 1 aromatic heterocycles. The van der Waals surface area contributed by atoms with E-state index in [1.165, 1.54) is 0 Å². The minimum Gasteiger partial charge on any atom is -0.371 e. The largest absolute Gasteiger partial charge is 0.411 e. The molecule has 0 N–H and O–H groups in total. The van der Waals surface area contributed by atoms with Crippen molar-refractivity contribution in [3.63, 3.8) is 0 Å². The normalized spacial score (nSPS) is 23.9. The number of ether oxygens (including phenoxy) is 1. The lowest BCUT2D eigenvalue weighted by Gasteiger charge is -2.31. The predicted octanol–water partition coefficient (Wildman–Crippen LogP) is 2.71. The number of nitrogens with zero attached hydrogens (tertiary/aromatic N) is 3. The zero-order valence-corrected chi connectivity index (χ0v) is 12.3. The van der Waals surface area contributed by atoms with Crippen LogP contribution in [0.3, 0.4) is 0 Å². The van der Waals surface area contributed by atoms with Gasteiger partial charge in [0.15, 0.2) is 5.82 Å². The maximum Gasteiger partial charge on any atom is 0.411 e. The van der Waals surface area contributed by atoms with Crippen LogP contribution in [-0.4, -0.2) is 54.1 Å². The van der Waals surface area contributed by atoms with Crippen molar-refractivity contribution in [2.24, 2.45) is 0 Å². The van der Waals surface area contributed by atoms with Gasteiger partial charge in [-0.3, -0.25) is 0 Å². The first kappa shape index (κ1) is 15.7. The maximum absolute atomic E-state index is 12.0. The molecule has 124 valence electrons. The minimum absolute atomic E-state index is 0.0891. The summed E-state index contributed by atoms with van der Waals surface area (Å²) < 4.78 is 46.0. The van der Waals surface area contributed by atoms with Gasteiger partial charge in [-0.15, -0.1) is 0 Å². The van der Waals surface area contributed by atoms with E-state index in [2.05, 4.69) is 19.8 Å². The Balaban J connectivity index is 1.44. The first-order valence-corrected chi connectivity index (χ1v) is 7.71. The molecule has 0 radical (unpaired) electrons. The Hall–Kier alpha value is -1.15. The molecule has 8 heteroatoms. The van der Waals surface area contributed by atoms with Crippen LogP contribution in [0.5, 0.6) is 0 Å². The van der Waals surface area contributed by atoms with E-state index in [-0.39, 0.29) is 12.5 Å². The van der Waals surface area contributed by atoms with E-state index in [0.717, 1.165) is 50.5 Å². The summed E-state index contributed by atoms with van der Waals surface area (Å²) in [5.41, 5.74) is 0. The van der Waals surface area contributed by atoms with Crippen LogP contribution < -0.4 is 0 Å². The number of likely N-dealkylation sites (tertiary alicyclic amines) is 1. The van der Waals surface area contributed by atoms with Crippen LogP contribution in [0.2, 0.25) is 0 Å². The van der Waals surface area contributed by atoms with Gasteiger partial charge in [-0.2, -0.15) is 18.2 Å². The molecule has 2 aliphatic rings. The van der Waals surface area contributed by atoms with E-state index in [1.807, 2.05) is 0 Å². The van der Waals surface area contributed by atoms with Crippen molar-refractivity contribution in [3.05, 3.63) is 11.7 Å². The van der Waals surface area contributed by atoms with Crippen LogP contribution >= 0.6 is 0 Å².